The lowest BCUT2D eigenvalue weighted by atomic mass is 10.2. The zero-order valence-electron chi connectivity index (χ0n) is 19.1. The number of rotatable bonds is 10. The first-order valence-corrected chi connectivity index (χ1v) is 12.5. The predicted molar refractivity (Wildman–Crippen MR) is 129 cm³/mol. The van der Waals surface area contributed by atoms with Crippen molar-refractivity contribution in [2.75, 3.05) is 30.8 Å². The van der Waals surface area contributed by atoms with Gasteiger partial charge in [-0.1, -0.05) is 24.3 Å². The summed E-state index contributed by atoms with van der Waals surface area (Å²) in [5.41, 5.74) is 0.703. The number of anilines is 1. The summed E-state index contributed by atoms with van der Waals surface area (Å²) in [7, 11) is -3.87. The molecule has 4 rings (SSSR count). The van der Waals surface area contributed by atoms with Crippen molar-refractivity contribution in [3.05, 3.63) is 78.4 Å². The average molecular weight is 499 g/mol. The standard InChI is InChI=1S/C25H26N2O7S/c1-2-27(19-8-4-3-5-9-19)35(30,31)22-10-6-7-18(13-22)25(29)26-15-20(28)16-32-21-11-12-23-24(14-21)34-17-33-23/h3-14,20,28H,2,15-17H2,1H3,(H,26,29). The zero-order chi connectivity index (χ0) is 24.8. The van der Waals surface area contributed by atoms with Gasteiger partial charge in [0, 0.05) is 24.7 Å². The van der Waals surface area contributed by atoms with Gasteiger partial charge in [-0.2, -0.15) is 0 Å². The number of nitrogens with one attached hydrogen (secondary N) is 1. The fourth-order valence-electron chi connectivity index (χ4n) is 3.54. The molecule has 0 saturated heterocycles. The van der Waals surface area contributed by atoms with Gasteiger partial charge in [0.1, 0.15) is 18.5 Å². The SMILES string of the molecule is CCN(c1ccccc1)S(=O)(=O)c1cccc(C(=O)NCC(O)COc2ccc3c(c2)OCO3)c1. The Kier molecular flexibility index (Phi) is 7.42. The Labute approximate surface area is 203 Å². The molecule has 1 atom stereocenters. The van der Waals surface area contributed by atoms with Crippen molar-refractivity contribution in [2.45, 2.75) is 17.9 Å². The Morgan fingerprint density at radius 3 is 2.60 bits per heavy atom. The maximum atomic E-state index is 13.2. The van der Waals surface area contributed by atoms with E-state index < -0.39 is 22.0 Å². The molecule has 0 spiro atoms. The van der Waals surface area contributed by atoms with Crippen LogP contribution in [0.25, 0.3) is 0 Å². The Balaban J connectivity index is 1.36. The molecule has 10 heteroatoms. The zero-order valence-corrected chi connectivity index (χ0v) is 19.9. The molecule has 35 heavy (non-hydrogen) atoms. The third kappa shape index (κ3) is 5.67. The molecule has 0 saturated carbocycles. The fourth-order valence-corrected chi connectivity index (χ4v) is 5.06. The van der Waals surface area contributed by atoms with Gasteiger partial charge in [-0.3, -0.25) is 9.10 Å². The van der Waals surface area contributed by atoms with Gasteiger partial charge in [0.25, 0.3) is 15.9 Å². The Morgan fingerprint density at radius 2 is 1.83 bits per heavy atom. The smallest absolute Gasteiger partial charge is 0.264 e. The molecular formula is C25H26N2O7S. The minimum atomic E-state index is -3.87. The number of hydrogen-bond acceptors (Lipinski definition) is 7. The van der Waals surface area contributed by atoms with Gasteiger partial charge in [0.2, 0.25) is 6.79 Å². The van der Waals surface area contributed by atoms with E-state index in [0.717, 1.165) is 0 Å². The van der Waals surface area contributed by atoms with Gasteiger partial charge in [0.15, 0.2) is 11.5 Å². The molecule has 0 radical (unpaired) electrons. The highest BCUT2D eigenvalue weighted by Gasteiger charge is 2.24. The van der Waals surface area contributed by atoms with Crippen molar-refractivity contribution in [3.63, 3.8) is 0 Å². The lowest BCUT2D eigenvalue weighted by Crippen LogP contribution is -2.35. The number of aliphatic hydroxyl groups is 1. The molecule has 9 nitrogen and oxygen atoms in total. The van der Waals surface area contributed by atoms with E-state index in [2.05, 4.69) is 5.32 Å². The van der Waals surface area contributed by atoms with Crippen LogP contribution in [0.3, 0.4) is 0 Å². The van der Waals surface area contributed by atoms with E-state index in [-0.39, 0.29) is 36.9 Å². The van der Waals surface area contributed by atoms with Crippen molar-refractivity contribution in [1.29, 1.82) is 0 Å². The molecule has 1 amide bonds. The molecule has 0 fully saturated rings. The summed E-state index contributed by atoms with van der Waals surface area (Å²) in [6.07, 6.45) is -0.982. The average Bonchev–Trinajstić information content (AvgIpc) is 3.35. The van der Waals surface area contributed by atoms with Gasteiger partial charge in [-0.15, -0.1) is 0 Å². The van der Waals surface area contributed by atoms with E-state index in [1.54, 1.807) is 49.4 Å². The van der Waals surface area contributed by atoms with Crippen LogP contribution in [0.5, 0.6) is 17.2 Å². The minimum absolute atomic E-state index is 0.00235. The Morgan fingerprint density at radius 1 is 1.06 bits per heavy atom. The van der Waals surface area contributed by atoms with Crippen LogP contribution in [0.1, 0.15) is 17.3 Å². The molecule has 3 aromatic rings. The third-order valence-corrected chi connectivity index (χ3v) is 7.20. The quantitative estimate of drug-likeness (QED) is 0.442. The number of carbonyl (C=O) groups is 1. The number of fused-ring (bicyclic) bond motifs is 1. The van der Waals surface area contributed by atoms with E-state index in [1.807, 2.05) is 6.07 Å². The second-order valence-electron chi connectivity index (χ2n) is 7.72. The van der Waals surface area contributed by atoms with Gasteiger partial charge in [-0.25, -0.2) is 8.42 Å². The van der Waals surface area contributed by atoms with Crippen LogP contribution in [-0.4, -0.2) is 52.0 Å². The van der Waals surface area contributed by atoms with Crippen LogP contribution in [0.2, 0.25) is 0 Å². The first kappa shape index (κ1) is 24.4. The number of carbonyl (C=O) groups excluding carboxylic acids is 1. The molecule has 1 aliphatic rings. The summed E-state index contributed by atoms with van der Waals surface area (Å²) < 4.78 is 43.8. The third-order valence-electron chi connectivity index (χ3n) is 5.30. The summed E-state index contributed by atoms with van der Waals surface area (Å²) in [6.45, 7) is 1.99. The number of para-hydroxylation sites is 1. The molecule has 3 aromatic carbocycles. The van der Waals surface area contributed by atoms with Crippen molar-refractivity contribution in [2.24, 2.45) is 0 Å². The highest BCUT2D eigenvalue weighted by molar-refractivity contribution is 7.92. The predicted octanol–water partition coefficient (Wildman–Crippen LogP) is 2.80. The molecule has 0 aliphatic carbocycles. The second kappa shape index (κ2) is 10.7. The van der Waals surface area contributed by atoms with Gasteiger partial charge in [0.05, 0.1) is 10.6 Å². The lowest BCUT2D eigenvalue weighted by Gasteiger charge is -2.23. The van der Waals surface area contributed by atoms with Crippen molar-refractivity contribution in [3.8, 4) is 17.2 Å². The summed E-state index contributed by atoms with van der Waals surface area (Å²) in [6, 6.07) is 19.6. The summed E-state index contributed by atoms with van der Waals surface area (Å²) in [5, 5.41) is 12.8. The summed E-state index contributed by atoms with van der Waals surface area (Å²) >= 11 is 0. The van der Waals surface area contributed by atoms with Crippen molar-refractivity contribution in [1.82, 2.24) is 5.32 Å². The maximum absolute atomic E-state index is 13.2. The molecule has 2 N–H and O–H groups in total. The number of hydrogen-bond donors (Lipinski definition) is 2. The van der Waals surface area contributed by atoms with Crippen LogP contribution >= 0.6 is 0 Å². The van der Waals surface area contributed by atoms with Crippen molar-refractivity contribution >= 4 is 21.6 Å². The van der Waals surface area contributed by atoms with E-state index >= 15 is 0 Å². The molecule has 0 bridgehead atoms. The van der Waals surface area contributed by atoms with E-state index in [1.165, 1.54) is 28.6 Å². The number of sulfonamides is 1. The van der Waals surface area contributed by atoms with E-state index in [4.69, 9.17) is 14.2 Å². The van der Waals surface area contributed by atoms with E-state index in [9.17, 15) is 18.3 Å². The number of nitrogens with zero attached hydrogens (tertiary/aromatic N) is 1. The highest BCUT2D eigenvalue weighted by Crippen LogP contribution is 2.35. The van der Waals surface area contributed by atoms with Gasteiger partial charge < -0.3 is 24.6 Å². The van der Waals surface area contributed by atoms with Crippen LogP contribution < -0.4 is 23.8 Å². The number of aliphatic hydroxyl groups excluding tert-OH is 1. The molecule has 1 unspecified atom stereocenters. The second-order valence-corrected chi connectivity index (χ2v) is 9.59. The van der Waals surface area contributed by atoms with Crippen LogP contribution in [-0.2, 0) is 10.0 Å². The van der Waals surface area contributed by atoms with Gasteiger partial charge in [-0.05, 0) is 49.4 Å². The first-order chi connectivity index (χ1) is 16.9. The Hall–Kier alpha value is -3.76. The minimum Gasteiger partial charge on any atom is -0.491 e. The van der Waals surface area contributed by atoms with E-state index in [0.29, 0.717) is 22.9 Å². The molecular weight excluding hydrogens is 472 g/mol. The summed E-state index contributed by atoms with van der Waals surface area (Å²) in [5.74, 6) is 1.18. The number of benzene rings is 3. The molecule has 1 heterocycles. The first-order valence-electron chi connectivity index (χ1n) is 11.0. The summed E-state index contributed by atoms with van der Waals surface area (Å²) in [4.78, 5) is 12.6. The van der Waals surface area contributed by atoms with Crippen molar-refractivity contribution < 1.29 is 32.5 Å². The lowest BCUT2D eigenvalue weighted by molar-refractivity contribution is 0.0843. The number of ether oxygens (including phenoxy) is 3. The molecule has 0 aromatic heterocycles. The monoisotopic (exact) mass is 498 g/mol. The molecule has 1 aliphatic heterocycles. The largest absolute Gasteiger partial charge is 0.491 e. The molecule has 184 valence electrons. The normalized spacial score (nSPS) is 13.2. The van der Waals surface area contributed by atoms with Crippen LogP contribution in [0.4, 0.5) is 5.69 Å². The Bertz CT molecular complexity index is 1280. The topological polar surface area (TPSA) is 114 Å². The maximum Gasteiger partial charge on any atom is 0.264 e. The fraction of sp³-hybridized carbons (Fsp3) is 0.240. The van der Waals surface area contributed by atoms with Crippen LogP contribution in [0.15, 0.2) is 77.7 Å². The highest BCUT2D eigenvalue weighted by atomic mass is 32.2. The van der Waals surface area contributed by atoms with Crippen LogP contribution in [0, 0.1) is 0 Å². The number of amides is 1. The van der Waals surface area contributed by atoms with Gasteiger partial charge >= 0.3 is 0 Å².